The van der Waals surface area contributed by atoms with Gasteiger partial charge in [0.25, 0.3) is 0 Å². The lowest BCUT2D eigenvalue weighted by Crippen LogP contribution is -2.23. The number of carbonyl (C=O) groups is 2. The molecule has 0 spiro atoms. The van der Waals surface area contributed by atoms with Gasteiger partial charge in [-0.15, -0.1) is 0 Å². The van der Waals surface area contributed by atoms with Crippen molar-refractivity contribution in [3.05, 3.63) is 70.9 Å². The highest BCUT2D eigenvalue weighted by atomic mass is 16.5. The van der Waals surface area contributed by atoms with E-state index in [1.165, 1.54) is 7.11 Å². The second-order valence-electron chi connectivity index (χ2n) is 5.85. The summed E-state index contributed by atoms with van der Waals surface area (Å²) in [6, 6.07) is 12.9. The summed E-state index contributed by atoms with van der Waals surface area (Å²) >= 11 is 0. The number of hydrogen-bond acceptors (Lipinski definition) is 6. The molecule has 0 radical (unpaired) electrons. The van der Waals surface area contributed by atoms with Crippen molar-refractivity contribution in [3.8, 4) is 28.5 Å². The number of methoxy groups -OCH3 is 1. The zero-order valence-corrected chi connectivity index (χ0v) is 13.7. The van der Waals surface area contributed by atoms with Crippen LogP contribution in [0.25, 0.3) is 11.3 Å². The number of hydrogen-bond donors (Lipinski definition) is 2. The van der Waals surface area contributed by atoms with Crippen LogP contribution in [-0.2, 0) is 0 Å². The number of ether oxygens (including phenoxy) is 1. The molecular formula is C20H13NO5. The van der Waals surface area contributed by atoms with Gasteiger partial charge in [0, 0.05) is 23.3 Å². The topological polar surface area (TPSA) is 96.7 Å². The van der Waals surface area contributed by atoms with Crippen molar-refractivity contribution in [2.75, 3.05) is 7.11 Å². The smallest absolute Gasteiger partial charge is 0.216 e. The first kappa shape index (κ1) is 15.8. The highest BCUT2D eigenvalue weighted by molar-refractivity contribution is 6.29. The number of aromatic nitrogens is 1. The molecule has 1 aliphatic carbocycles. The minimum absolute atomic E-state index is 0.0229. The summed E-state index contributed by atoms with van der Waals surface area (Å²) in [4.78, 5) is 30.2. The highest BCUT2D eigenvalue weighted by Crippen LogP contribution is 2.39. The largest absolute Gasteiger partial charge is 0.508 e. The van der Waals surface area contributed by atoms with Crippen LogP contribution in [0.3, 0.4) is 0 Å². The number of carbonyl (C=O) groups excluding carboxylic acids is 2. The molecule has 128 valence electrons. The summed E-state index contributed by atoms with van der Waals surface area (Å²) in [6.45, 7) is 0. The standard InChI is InChI=1S/C20H13NO5/c1-26-15-9-13(10-5-3-2-4-6-10)21-18-17(15)19(24)12-7-11(22)8-14(23)16(12)20(18)25/h2-9,22-23H,1H3. The van der Waals surface area contributed by atoms with Crippen LogP contribution in [0.4, 0.5) is 0 Å². The van der Waals surface area contributed by atoms with Crippen LogP contribution >= 0.6 is 0 Å². The molecule has 26 heavy (non-hydrogen) atoms. The Morgan fingerprint density at radius 2 is 1.65 bits per heavy atom. The average molecular weight is 347 g/mol. The molecule has 1 heterocycles. The molecule has 2 aromatic carbocycles. The first-order valence-electron chi connectivity index (χ1n) is 7.81. The fourth-order valence-corrected chi connectivity index (χ4v) is 3.11. The minimum Gasteiger partial charge on any atom is -0.508 e. The predicted molar refractivity (Wildman–Crippen MR) is 92.9 cm³/mol. The second kappa shape index (κ2) is 5.70. The molecule has 4 rings (SSSR count). The Labute approximate surface area is 148 Å². The van der Waals surface area contributed by atoms with Gasteiger partial charge in [-0.2, -0.15) is 0 Å². The molecule has 0 fully saturated rings. The molecule has 1 aromatic heterocycles. The number of nitrogens with zero attached hydrogens (tertiary/aromatic N) is 1. The Morgan fingerprint density at radius 3 is 2.35 bits per heavy atom. The van der Waals surface area contributed by atoms with Gasteiger partial charge in [0.2, 0.25) is 5.78 Å². The number of aromatic hydroxyl groups is 2. The lowest BCUT2D eigenvalue weighted by atomic mass is 9.85. The Balaban J connectivity index is 2.01. The van der Waals surface area contributed by atoms with E-state index in [1.54, 1.807) is 6.07 Å². The molecule has 2 N–H and O–H groups in total. The molecule has 0 amide bonds. The average Bonchev–Trinajstić information content (AvgIpc) is 2.65. The van der Waals surface area contributed by atoms with Gasteiger partial charge in [-0.3, -0.25) is 9.59 Å². The van der Waals surface area contributed by atoms with Crippen LogP contribution in [0.2, 0.25) is 0 Å². The van der Waals surface area contributed by atoms with Crippen molar-refractivity contribution >= 4 is 11.6 Å². The molecule has 6 nitrogen and oxygen atoms in total. The first-order valence-corrected chi connectivity index (χ1v) is 7.81. The fourth-order valence-electron chi connectivity index (χ4n) is 3.11. The second-order valence-corrected chi connectivity index (χ2v) is 5.85. The molecule has 0 bridgehead atoms. The Morgan fingerprint density at radius 1 is 0.923 bits per heavy atom. The van der Waals surface area contributed by atoms with E-state index in [4.69, 9.17) is 4.74 Å². The maximum atomic E-state index is 12.9. The molecular weight excluding hydrogens is 334 g/mol. The number of pyridine rings is 1. The lowest BCUT2D eigenvalue weighted by molar-refractivity contribution is 0.0970. The highest BCUT2D eigenvalue weighted by Gasteiger charge is 2.36. The van der Waals surface area contributed by atoms with E-state index in [0.717, 1.165) is 17.7 Å². The zero-order valence-electron chi connectivity index (χ0n) is 13.7. The van der Waals surface area contributed by atoms with Crippen LogP contribution in [0.5, 0.6) is 17.2 Å². The summed E-state index contributed by atoms with van der Waals surface area (Å²) in [5, 5.41) is 19.7. The van der Waals surface area contributed by atoms with Gasteiger partial charge >= 0.3 is 0 Å². The maximum absolute atomic E-state index is 12.9. The number of phenolic OH excluding ortho intramolecular Hbond substituents is 2. The fraction of sp³-hybridized carbons (Fsp3) is 0.0500. The molecule has 0 unspecified atom stereocenters. The molecule has 0 atom stereocenters. The molecule has 3 aromatic rings. The molecule has 0 aliphatic heterocycles. The predicted octanol–water partition coefficient (Wildman–Crippen LogP) is 2.94. The molecule has 1 aliphatic rings. The van der Waals surface area contributed by atoms with Crippen molar-refractivity contribution in [1.29, 1.82) is 0 Å². The van der Waals surface area contributed by atoms with Gasteiger partial charge in [0.05, 0.1) is 23.9 Å². The monoisotopic (exact) mass is 347 g/mol. The van der Waals surface area contributed by atoms with Gasteiger partial charge in [-0.25, -0.2) is 4.98 Å². The summed E-state index contributed by atoms with van der Waals surface area (Å²) in [6.07, 6.45) is 0. The van der Waals surface area contributed by atoms with Crippen LogP contribution in [0.1, 0.15) is 32.0 Å². The van der Waals surface area contributed by atoms with Gasteiger partial charge < -0.3 is 14.9 Å². The lowest BCUT2D eigenvalue weighted by Gasteiger charge is -2.20. The van der Waals surface area contributed by atoms with Crippen LogP contribution < -0.4 is 4.74 Å². The number of rotatable bonds is 2. The van der Waals surface area contributed by atoms with Gasteiger partial charge in [0.15, 0.2) is 5.78 Å². The van der Waals surface area contributed by atoms with E-state index in [1.807, 2.05) is 30.3 Å². The summed E-state index contributed by atoms with van der Waals surface area (Å²) in [5.74, 6) is -1.69. The number of phenols is 2. The third kappa shape index (κ3) is 2.23. The maximum Gasteiger partial charge on any atom is 0.216 e. The Kier molecular flexibility index (Phi) is 3.47. The van der Waals surface area contributed by atoms with E-state index in [-0.39, 0.29) is 33.9 Å². The molecule has 6 heteroatoms. The third-order valence-corrected chi connectivity index (χ3v) is 4.29. The van der Waals surface area contributed by atoms with Crippen LogP contribution in [-0.4, -0.2) is 33.9 Å². The van der Waals surface area contributed by atoms with E-state index < -0.39 is 17.3 Å². The van der Waals surface area contributed by atoms with E-state index in [0.29, 0.717) is 5.69 Å². The first-order chi connectivity index (χ1) is 12.5. The minimum atomic E-state index is -0.594. The number of ketones is 2. The number of benzene rings is 2. The Bertz CT molecular complexity index is 1070. The van der Waals surface area contributed by atoms with Crippen molar-refractivity contribution < 1.29 is 24.5 Å². The zero-order chi connectivity index (χ0) is 18.4. The third-order valence-electron chi connectivity index (χ3n) is 4.29. The molecule has 0 saturated carbocycles. The Hall–Kier alpha value is -3.67. The van der Waals surface area contributed by atoms with Crippen LogP contribution in [0, 0.1) is 0 Å². The van der Waals surface area contributed by atoms with Crippen molar-refractivity contribution in [3.63, 3.8) is 0 Å². The summed E-state index contributed by atoms with van der Waals surface area (Å²) in [7, 11) is 1.40. The molecule has 0 saturated heterocycles. The normalized spacial score (nSPS) is 12.5. The van der Waals surface area contributed by atoms with E-state index >= 15 is 0 Å². The van der Waals surface area contributed by atoms with E-state index in [9.17, 15) is 19.8 Å². The van der Waals surface area contributed by atoms with Crippen molar-refractivity contribution in [2.45, 2.75) is 0 Å². The van der Waals surface area contributed by atoms with Crippen molar-refractivity contribution in [1.82, 2.24) is 4.98 Å². The van der Waals surface area contributed by atoms with Crippen LogP contribution in [0.15, 0.2) is 48.5 Å². The van der Waals surface area contributed by atoms with Gasteiger partial charge in [-0.05, 0) is 6.07 Å². The van der Waals surface area contributed by atoms with E-state index in [2.05, 4.69) is 4.98 Å². The summed E-state index contributed by atoms with van der Waals surface area (Å²) < 4.78 is 5.33. The van der Waals surface area contributed by atoms with Crippen molar-refractivity contribution in [2.24, 2.45) is 0 Å². The summed E-state index contributed by atoms with van der Waals surface area (Å²) in [5.41, 5.74) is 0.933. The number of fused-ring (bicyclic) bond motifs is 2. The van der Waals surface area contributed by atoms with Gasteiger partial charge in [-0.1, -0.05) is 30.3 Å². The van der Waals surface area contributed by atoms with Gasteiger partial charge in [0.1, 0.15) is 22.9 Å². The SMILES string of the molecule is COc1cc(-c2ccccc2)nc2c1C(=O)c1cc(O)cc(O)c1C2=O. The quantitative estimate of drug-likeness (QED) is 0.579.